The van der Waals surface area contributed by atoms with E-state index in [0.29, 0.717) is 60.3 Å². The summed E-state index contributed by atoms with van der Waals surface area (Å²) in [5.41, 5.74) is 0.470. The van der Waals surface area contributed by atoms with Crippen LogP contribution in [-0.4, -0.2) is 52.5 Å². The molecule has 2 N–H and O–H groups in total. The number of aromatic nitrogens is 4. The maximum atomic E-state index is 13.8. The maximum absolute atomic E-state index is 13.8. The van der Waals surface area contributed by atoms with Crippen LogP contribution in [0.1, 0.15) is 69.2 Å². The summed E-state index contributed by atoms with van der Waals surface area (Å²) >= 11 is 0. The number of rotatable bonds is 6. The third-order valence-corrected chi connectivity index (χ3v) is 15.8. The van der Waals surface area contributed by atoms with Crippen molar-refractivity contribution in [2.24, 2.45) is 81.9 Å². The predicted octanol–water partition coefficient (Wildman–Crippen LogP) is 7.65. The van der Waals surface area contributed by atoms with Gasteiger partial charge in [-0.2, -0.15) is 0 Å². The highest BCUT2D eigenvalue weighted by atomic mass is 16.8. The minimum Gasteiger partial charge on any atom is -0.479 e. The molecular weight excluding hydrogens is 837 g/mol. The molecule has 65 heavy (non-hydrogen) atoms. The van der Waals surface area contributed by atoms with Crippen LogP contribution in [0.4, 0.5) is 11.4 Å². The van der Waals surface area contributed by atoms with E-state index in [-0.39, 0.29) is 46.9 Å². The highest BCUT2D eigenvalue weighted by molar-refractivity contribution is 5.89. The number of ether oxygens (including phenoxy) is 4. The Balaban J connectivity index is 0.828. The van der Waals surface area contributed by atoms with E-state index >= 15 is 0 Å². The van der Waals surface area contributed by atoms with Gasteiger partial charge in [-0.25, -0.2) is 19.0 Å². The quantitative estimate of drug-likeness (QED) is 0.142. The molecule has 4 aromatic rings. The normalized spacial score (nSPS) is 32.7. The summed E-state index contributed by atoms with van der Waals surface area (Å²) in [5, 5.41) is 39.2. The second kappa shape index (κ2) is 14.9. The summed E-state index contributed by atoms with van der Waals surface area (Å²) in [6.45, 7) is 3.44. The molecule has 0 saturated heterocycles. The van der Waals surface area contributed by atoms with E-state index in [1.54, 1.807) is 61.6 Å². The SMILES string of the molecule is Cc1c(N=NC2=C(O)OC3(OC2=O)C2CC4CC5CC6CC(CC(C5)C65OC(=O)C(N=Nc6c(C)n(C)n(-c7ccccc7)c6=O)=C(O)O5)C(C2)CC3C4)c(=O)n(-c2ccccc2)n1C. The van der Waals surface area contributed by atoms with Gasteiger partial charge in [0.1, 0.15) is 0 Å². The number of esters is 2. The highest BCUT2D eigenvalue weighted by Crippen LogP contribution is 2.64. The molecule has 2 aliphatic heterocycles. The van der Waals surface area contributed by atoms with Gasteiger partial charge in [-0.15, -0.1) is 20.5 Å². The van der Waals surface area contributed by atoms with E-state index in [4.69, 9.17) is 18.9 Å². The van der Waals surface area contributed by atoms with Crippen molar-refractivity contribution in [1.82, 2.24) is 18.7 Å². The van der Waals surface area contributed by atoms with Crippen molar-refractivity contribution in [3.05, 3.63) is 116 Å². The Bertz CT molecular complexity index is 2660. The molecule has 2 spiro atoms. The fourth-order valence-corrected chi connectivity index (χ4v) is 12.8. The molecule has 8 aliphatic carbocycles. The number of carbonyl (C=O) groups is 2. The van der Waals surface area contributed by atoms with E-state index in [9.17, 15) is 29.4 Å². The summed E-state index contributed by atoms with van der Waals surface area (Å²) in [4.78, 5) is 54.6. The van der Waals surface area contributed by atoms with Crippen LogP contribution in [0, 0.1) is 61.2 Å². The van der Waals surface area contributed by atoms with Crippen molar-refractivity contribution in [1.29, 1.82) is 0 Å². The zero-order chi connectivity index (χ0) is 45.1. The van der Waals surface area contributed by atoms with E-state index in [2.05, 4.69) is 20.5 Å². The number of para-hydroxylation sites is 2. The molecule has 8 bridgehead atoms. The fourth-order valence-electron chi connectivity index (χ4n) is 12.8. The lowest BCUT2D eigenvalue weighted by molar-refractivity contribution is -0.324. The minimum atomic E-state index is -1.36. The molecule has 8 saturated carbocycles. The van der Waals surface area contributed by atoms with Crippen molar-refractivity contribution in [3.8, 4) is 11.4 Å². The average molecular weight is 887 g/mol. The Morgan fingerprint density at radius 2 is 0.862 bits per heavy atom. The molecule has 0 amide bonds. The molecule has 4 unspecified atom stereocenters. The molecule has 14 rings (SSSR count). The summed E-state index contributed by atoms with van der Waals surface area (Å²) in [5.74, 6) is -5.44. The Kier molecular flexibility index (Phi) is 9.41. The summed E-state index contributed by atoms with van der Waals surface area (Å²) in [6.07, 6.45) is 6.72. The molecule has 2 aromatic heterocycles. The predicted molar refractivity (Wildman–Crippen MR) is 229 cm³/mol. The van der Waals surface area contributed by atoms with Crippen LogP contribution in [0.3, 0.4) is 0 Å². The van der Waals surface area contributed by atoms with Crippen LogP contribution in [0.15, 0.2) is 114 Å². The smallest absolute Gasteiger partial charge is 0.369 e. The second-order valence-electron chi connectivity index (χ2n) is 19.1. The minimum absolute atomic E-state index is 0.0149. The van der Waals surface area contributed by atoms with Gasteiger partial charge in [0.05, 0.1) is 22.8 Å². The number of azo groups is 2. The number of nitrogens with zero attached hydrogens (tertiary/aromatic N) is 8. The van der Waals surface area contributed by atoms with Crippen molar-refractivity contribution >= 4 is 23.3 Å². The van der Waals surface area contributed by atoms with Crippen LogP contribution < -0.4 is 11.1 Å². The number of benzene rings is 2. The van der Waals surface area contributed by atoms with Gasteiger partial charge in [0.2, 0.25) is 0 Å². The van der Waals surface area contributed by atoms with E-state index < -0.39 is 57.9 Å². The van der Waals surface area contributed by atoms with Crippen LogP contribution in [0.2, 0.25) is 0 Å². The molecule has 4 atom stereocenters. The topological polar surface area (TPSA) is 215 Å². The van der Waals surface area contributed by atoms with Gasteiger partial charge in [-0.05, 0) is 120 Å². The highest BCUT2D eigenvalue weighted by Gasteiger charge is 2.67. The average Bonchev–Trinajstić information content (AvgIpc) is 3.58. The Morgan fingerprint density at radius 3 is 1.20 bits per heavy atom. The van der Waals surface area contributed by atoms with Gasteiger partial charge in [-0.3, -0.25) is 19.0 Å². The first-order valence-electron chi connectivity index (χ1n) is 22.5. The Hall–Kier alpha value is -6.72. The van der Waals surface area contributed by atoms with E-state index in [0.717, 1.165) is 32.1 Å². The lowest BCUT2D eigenvalue weighted by Crippen LogP contribution is -2.61. The third-order valence-electron chi connectivity index (χ3n) is 15.8. The van der Waals surface area contributed by atoms with Gasteiger partial charge in [0.15, 0.2) is 11.4 Å². The van der Waals surface area contributed by atoms with Crippen molar-refractivity contribution in [3.63, 3.8) is 0 Å². The van der Waals surface area contributed by atoms with Gasteiger partial charge < -0.3 is 29.2 Å². The van der Waals surface area contributed by atoms with Gasteiger partial charge in [0, 0.05) is 37.8 Å². The molecule has 2 aromatic carbocycles. The summed E-state index contributed by atoms with van der Waals surface area (Å²) in [6, 6.07) is 18.2. The molecule has 0 radical (unpaired) electrons. The number of hydrogen-bond acceptors (Lipinski definition) is 14. The Morgan fingerprint density at radius 1 is 0.508 bits per heavy atom. The molecule has 18 nitrogen and oxygen atoms in total. The number of aliphatic hydroxyl groups excluding tert-OH is 2. The zero-order valence-electron chi connectivity index (χ0n) is 36.5. The lowest BCUT2D eigenvalue weighted by Gasteiger charge is -2.57. The van der Waals surface area contributed by atoms with Crippen molar-refractivity contribution in [2.75, 3.05) is 0 Å². The van der Waals surface area contributed by atoms with Crippen LogP contribution in [0.5, 0.6) is 0 Å². The monoisotopic (exact) mass is 886 g/mol. The van der Waals surface area contributed by atoms with Crippen LogP contribution in [0.25, 0.3) is 11.4 Å². The molecule has 18 heteroatoms. The largest absolute Gasteiger partial charge is 0.479 e. The fraction of sp³-hybridized carbons (Fsp3) is 0.489. The summed E-state index contributed by atoms with van der Waals surface area (Å²) < 4.78 is 31.4. The Labute approximate surface area is 372 Å². The second-order valence-corrected chi connectivity index (χ2v) is 19.1. The van der Waals surface area contributed by atoms with Crippen LogP contribution >= 0.6 is 0 Å². The van der Waals surface area contributed by atoms with Crippen molar-refractivity contribution in [2.45, 2.75) is 83.2 Å². The molecule has 8 fully saturated rings. The summed E-state index contributed by atoms with van der Waals surface area (Å²) in [7, 11) is 3.45. The van der Waals surface area contributed by atoms with Crippen molar-refractivity contribution < 1.29 is 38.7 Å². The van der Waals surface area contributed by atoms with Gasteiger partial charge in [-0.1, -0.05) is 36.4 Å². The number of aliphatic hydroxyl groups is 2. The first kappa shape index (κ1) is 41.0. The first-order valence-corrected chi connectivity index (χ1v) is 22.5. The third kappa shape index (κ3) is 6.26. The number of carbonyl (C=O) groups excluding carboxylic acids is 2. The van der Waals surface area contributed by atoms with E-state index in [1.165, 1.54) is 9.36 Å². The van der Waals surface area contributed by atoms with E-state index in [1.807, 2.05) is 36.4 Å². The first-order chi connectivity index (χ1) is 31.3. The number of hydrogen-bond donors (Lipinski definition) is 2. The molecule has 338 valence electrons. The maximum Gasteiger partial charge on any atom is 0.369 e. The molecule has 4 heterocycles. The molecular formula is C47H50N8O10. The standard InChI is InChI=1S/C47H50N8O10/c1-24-36(40(56)54(52(24)3)34-11-7-5-8-12-34)48-50-38-42(58)62-46(63-43(38)59)30-16-26-15-27-18-32-22-29(28(20-30)21-31(46)17-26)23-33(19-27)47(32)64-44(60)39(45(61)65-47)51-49-37-25(2)53(4)55(41(37)57)35-13-9-6-10-14-35/h5-14,26-33,58,60H,15-23H2,1-4H3. The van der Waals surface area contributed by atoms with Gasteiger partial charge >= 0.3 is 23.8 Å². The lowest BCUT2D eigenvalue weighted by atomic mass is 9.55. The van der Waals surface area contributed by atoms with Crippen LogP contribution in [-0.2, 0) is 42.6 Å². The molecule has 10 aliphatic rings. The van der Waals surface area contributed by atoms with Gasteiger partial charge in [0.25, 0.3) is 34.1 Å². The zero-order valence-corrected chi connectivity index (χ0v) is 36.5.